The average molecular weight is 712 g/mol. The molecule has 1 saturated carbocycles. The first-order valence-electron chi connectivity index (χ1n) is 16.0. The SMILES string of the molecule is Cc1ccc(S(=O)(=O)N(CC(=O)N(Cc2ccccc2Cl)[C@H](Cc2ccccc2)C(=O)NC2CCCC2)c2cccc(C(F)(F)F)c2)cc1. The lowest BCUT2D eigenvalue weighted by molar-refractivity contribution is -0.140. The Morgan fingerprint density at radius 2 is 1.55 bits per heavy atom. The van der Waals surface area contributed by atoms with E-state index in [1.54, 1.807) is 43.3 Å². The highest BCUT2D eigenvalue weighted by molar-refractivity contribution is 7.92. The number of hydrogen-bond donors (Lipinski definition) is 1. The van der Waals surface area contributed by atoms with Gasteiger partial charge in [0.05, 0.1) is 16.1 Å². The number of carbonyl (C=O) groups excluding carboxylic acids is 2. The van der Waals surface area contributed by atoms with Crippen molar-refractivity contribution in [3.05, 3.63) is 130 Å². The molecule has 1 aliphatic carbocycles. The van der Waals surface area contributed by atoms with Crippen LogP contribution < -0.4 is 9.62 Å². The molecule has 0 radical (unpaired) electrons. The summed E-state index contributed by atoms with van der Waals surface area (Å²) < 4.78 is 70.5. The minimum Gasteiger partial charge on any atom is -0.352 e. The Morgan fingerprint density at radius 3 is 2.20 bits per heavy atom. The summed E-state index contributed by atoms with van der Waals surface area (Å²) in [6.07, 6.45) is -1.17. The van der Waals surface area contributed by atoms with Gasteiger partial charge in [-0.05, 0) is 67.3 Å². The lowest BCUT2D eigenvalue weighted by Gasteiger charge is -2.34. The van der Waals surface area contributed by atoms with Crippen LogP contribution in [-0.2, 0) is 38.8 Å². The zero-order valence-corrected chi connectivity index (χ0v) is 28.4. The molecule has 1 aliphatic rings. The number of amides is 2. The van der Waals surface area contributed by atoms with Gasteiger partial charge in [-0.25, -0.2) is 8.42 Å². The average Bonchev–Trinajstić information content (AvgIpc) is 3.59. The molecule has 0 aliphatic heterocycles. The van der Waals surface area contributed by atoms with Crippen molar-refractivity contribution < 1.29 is 31.2 Å². The van der Waals surface area contributed by atoms with Crippen molar-refractivity contribution >= 4 is 39.1 Å². The van der Waals surface area contributed by atoms with Crippen molar-refractivity contribution in [3.8, 4) is 0 Å². The fraction of sp³-hybridized carbons (Fsp3) is 0.297. The first-order chi connectivity index (χ1) is 23.3. The van der Waals surface area contributed by atoms with Gasteiger partial charge in [0, 0.05) is 24.0 Å². The summed E-state index contributed by atoms with van der Waals surface area (Å²) in [5, 5.41) is 3.41. The fourth-order valence-electron chi connectivity index (χ4n) is 5.94. The summed E-state index contributed by atoms with van der Waals surface area (Å²) in [4.78, 5) is 29.8. The van der Waals surface area contributed by atoms with Gasteiger partial charge in [-0.3, -0.25) is 13.9 Å². The summed E-state index contributed by atoms with van der Waals surface area (Å²) in [6, 6.07) is 24.3. The molecular formula is C37H37ClF3N3O4S. The maximum atomic E-state index is 14.6. The lowest BCUT2D eigenvalue weighted by atomic mass is 10.0. The molecule has 0 spiro atoms. The van der Waals surface area contributed by atoms with Crippen molar-refractivity contribution in [2.24, 2.45) is 0 Å². The van der Waals surface area contributed by atoms with E-state index in [-0.39, 0.29) is 29.6 Å². The Hall–Kier alpha value is -4.35. The van der Waals surface area contributed by atoms with Gasteiger partial charge < -0.3 is 10.2 Å². The van der Waals surface area contributed by atoms with Gasteiger partial charge in [0.2, 0.25) is 11.8 Å². The number of nitrogens with zero attached hydrogens (tertiary/aromatic N) is 2. The lowest BCUT2D eigenvalue weighted by Crippen LogP contribution is -2.54. The molecule has 258 valence electrons. The highest BCUT2D eigenvalue weighted by atomic mass is 35.5. The van der Waals surface area contributed by atoms with Crippen LogP contribution in [0.1, 0.15) is 47.9 Å². The van der Waals surface area contributed by atoms with Crippen molar-refractivity contribution in [1.82, 2.24) is 10.2 Å². The Bertz CT molecular complexity index is 1870. The van der Waals surface area contributed by atoms with E-state index in [4.69, 9.17) is 11.6 Å². The number of alkyl halides is 3. The van der Waals surface area contributed by atoms with Crippen molar-refractivity contribution in [2.45, 2.75) is 68.7 Å². The highest BCUT2D eigenvalue weighted by Gasteiger charge is 2.37. The monoisotopic (exact) mass is 711 g/mol. The molecule has 4 aromatic carbocycles. The number of aryl methyl sites for hydroxylation is 1. The second kappa shape index (κ2) is 15.5. The smallest absolute Gasteiger partial charge is 0.352 e. The molecule has 1 atom stereocenters. The molecule has 1 N–H and O–H groups in total. The van der Waals surface area contributed by atoms with Crippen LogP contribution in [0.3, 0.4) is 0 Å². The van der Waals surface area contributed by atoms with Crippen LogP contribution in [0.15, 0.2) is 108 Å². The Labute approximate surface area is 289 Å². The molecule has 4 aromatic rings. The topological polar surface area (TPSA) is 86.8 Å². The molecule has 5 rings (SSSR count). The maximum Gasteiger partial charge on any atom is 0.416 e. The van der Waals surface area contributed by atoms with E-state index in [9.17, 15) is 31.2 Å². The molecule has 1 fully saturated rings. The van der Waals surface area contributed by atoms with Crippen LogP contribution in [0.25, 0.3) is 0 Å². The fourth-order valence-corrected chi connectivity index (χ4v) is 7.54. The zero-order valence-electron chi connectivity index (χ0n) is 26.9. The van der Waals surface area contributed by atoms with Crippen LogP contribution >= 0.6 is 11.6 Å². The summed E-state index contributed by atoms with van der Waals surface area (Å²) >= 11 is 6.53. The predicted octanol–water partition coefficient (Wildman–Crippen LogP) is 7.56. The second-order valence-corrected chi connectivity index (χ2v) is 14.5. The molecule has 0 unspecified atom stereocenters. The number of carbonyl (C=O) groups is 2. The van der Waals surface area contributed by atoms with Gasteiger partial charge >= 0.3 is 6.18 Å². The molecule has 2 amide bonds. The van der Waals surface area contributed by atoms with Gasteiger partial charge in [-0.15, -0.1) is 0 Å². The third-order valence-electron chi connectivity index (χ3n) is 8.62. The van der Waals surface area contributed by atoms with Crippen LogP contribution in [0.2, 0.25) is 5.02 Å². The van der Waals surface area contributed by atoms with Crippen LogP contribution in [0.5, 0.6) is 0 Å². The first-order valence-corrected chi connectivity index (χ1v) is 17.8. The maximum absolute atomic E-state index is 14.6. The minimum absolute atomic E-state index is 0.0773. The predicted molar refractivity (Wildman–Crippen MR) is 183 cm³/mol. The van der Waals surface area contributed by atoms with Crippen molar-refractivity contribution in [2.75, 3.05) is 10.8 Å². The Morgan fingerprint density at radius 1 is 0.898 bits per heavy atom. The first kappa shape index (κ1) is 35.9. The van der Waals surface area contributed by atoms with Gasteiger partial charge in [0.15, 0.2) is 0 Å². The number of nitrogens with one attached hydrogen (secondary N) is 1. The molecule has 7 nitrogen and oxygen atoms in total. The number of rotatable bonds is 12. The molecule has 0 aromatic heterocycles. The molecule has 0 bridgehead atoms. The number of anilines is 1. The summed E-state index contributed by atoms with van der Waals surface area (Å²) in [7, 11) is -4.57. The summed E-state index contributed by atoms with van der Waals surface area (Å²) in [5.41, 5.74) is 0.608. The van der Waals surface area contributed by atoms with Crippen LogP contribution in [-0.4, -0.2) is 43.8 Å². The van der Waals surface area contributed by atoms with Crippen LogP contribution in [0.4, 0.5) is 18.9 Å². The summed E-state index contributed by atoms with van der Waals surface area (Å²) in [6.45, 7) is 0.722. The Kier molecular flexibility index (Phi) is 11.3. The second-order valence-electron chi connectivity index (χ2n) is 12.2. The third-order valence-corrected chi connectivity index (χ3v) is 10.8. The number of halogens is 4. The van der Waals surface area contributed by atoms with Gasteiger partial charge in [-0.1, -0.05) is 96.7 Å². The highest BCUT2D eigenvalue weighted by Crippen LogP contribution is 2.34. The van der Waals surface area contributed by atoms with Crippen LogP contribution in [0, 0.1) is 6.92 Å². The van der Waals surface area contributed by atoms with E-state index in [2.05, 4.69) is 5.32 Å². The summed E-state index contributed by atoms with van der Waals surface area (Å²) in [5.74, 6) is -1.21. The number of sulfonamides is 1. The van der Waals surface area contributed by atoms with E-state index >= 15 is 0 Å². The van der Waals surface area contributed by atoms with E-state index in [0.717, 1.165) is 48.9 Å². The van der Waals surface area contributed by atoms with E-state index in [1.807, 2.05) is 30.3 Å². The quantitative estimate of drug-likeness (QED) is 0.164. The van der Waals surface area contributed by atoms with E-state index < -0.39 is 46.2 Å². The van der Waals surface area contributed by atoms with Gasteiger partial charge in [-0.2, -0.15) is 13.2 Å². The van der Waals surface area contributed by atoms with Gasteiger partial charge in [0.25, 0.3) is 10.0 Å². The van der Waals surface area contributed by atoms with E-state index in [0.29, 0.717) is 21.0 Å². The van der Waals surface area contributed by atoms with E-state index in [1.165, 1.54) is 23.1 Å². The van der Waals surface area contributed by atoms with Crippen molar-refractivity contribution in [3.63, 3.8) is 0 Å². The van der Waals surface area contributed by atoms with Gasteiger partial charge in [0.1, 0.15) is 12.6 Å². The Balaban J connectivity index is 1.60. The molecule has 12 heteroatoms. The molecular weight excluding hydrogens is 675 g/mol. The normalized spacial score (nSPS) is 14.3. The minimum atomic E-state index is -4.77. The number of benzene rings is 4. The molecule has 49 heavy (non-hydrogen) atoms. The third kappa shape index (κ3) is 9.01. The van der Waals surface area contributed by atoms with Crippen molar-refractivity contribution in [1.29, 1.82) is 0 Å². The number of hydrogen-bond acceptors (Lipinski definition) is 4. The zero-order chi connectivity index (χ0) is 35.2. The largest absolute Gasteiger partial charge is 0.416 e. The molecule has 0 saturated heterocycles. The standard InChI is InChI=1S/C37H37ClF3N3O4S/c1-26-18-20-32(21-19-26)49(47,48)44(31-16-9-13-29(23-31)37(39,40)41)25-35(45)43(24-28-12-5-8-17-33(28)38)34(22-27-10-3-2-4-11-27)36(46)42-30-14-6-7-15-30/h2-5,8-13,16-21,23,30,34H,6-7,14-15,22,24-25H2,1H3,(H,42,46)/t34-/m1/s1. The molecule has 0 heterocycles.